The zero-order valence-corrected chi connectivity index (χ0v) is 15.2. The summed E-state index contributed by atoms with van der Waals surface area (Å²) in [6.07, 6.45) is 4.86. The summed E-state index contributed by atoms with van der Waals surface area (Å²) in [4.78, 5) is 10.6. The van der Waals surface area contributed by atoms with Gasteiger partial charge in [0.25, 0.3) is 5.69 Å². The van der Waals surface area contributed by atoms with Crippen molar-refractivity contribution in [2.45, 2.75) is 12.5 Å². The number of hydrogen-bond acceptors (Lipinski definition) is 4. The second-order valence-corrected chi connectivity index (χ2v) is 6.58. The van der Waals surface area contributed by atoms with Crippen LogP contribution in [0.3, 0.4) is 0 Å². The first-order valence-electron chi connectivity index (χ1n) is 9.10. The Bertz CT molecular complexity index is 1010. The first-order valence-corrected chi connectivity index (χ1v) is 9.10. The van der Waals surface area contributed by atoms with Crippen molar-refractivity contribution in [1.82, 2.24) is 0 Å². The third-order valence-corrected chi connectivity index (χ3v) is 4.71. The average molecular weight is 369 g/mol. The van der Waals surface area contributed by atoms with Crippen molar-refractivity contribution in [2.75, 3.05) is 5.01 Å². The van der Waals surface area contributed by atoms with Crippen molar-refractivity contribution in [3.8, 4) is 0 Å². The van der Waals surface area contributed by atoms with Crippen LogP contribution >= 0.6 is 0 Å². The second-order valence-electron chi connectivity index (χ2n) is 6.58. The number of nitro groups is 1. The Kier molecular flexibility index (Phi) is 4.97. The normalized spacial score (nSPS) is 16.4. The number of benzene rings is 3. The fourth-order valence-corrected chi connectivity index (χ4v) is 3.29. The molecule has 0 saturated heterocycles. The van der Waals surface area contributed by atoms with Gasteiger partial charge in [0.1, 0.15) is 0 Å². The Hall–Kier alpha value is -3.73. The van der Waals surface area contributed by atoms with E-state index in [2.05, 4.69) is 30.3 Å². The van der Waals surface area contributed by atoms with Gasteiger partial charge in [-0.1, -0.05) is 66.7 Å². The van der Waals surface area contributed by atoms with Crippen LogP contribution < -0.4 is 5.01 Å². The highest BCUT2D eigenvalue weighted by molar-refractivity contribution is 6.01. The van der Waals surface area contributed by atoms with Crippen LogP contribution in [-0.4, -0.2) is 10.6 Å². The number of hydrazone groups is 1. The van der Waals surface area contributed by atoms with Crippen molar-refractivity contribution in [3.05, 3.63) is 112 Å². The van der Waals surface area contributed by atoms with E-state index in [1.54, 1.807) is 12.1 Å². The topological polar surface area (TPSA) is 58.7 Å². The third-order valence-electron chi connectivity index (χ3n) is 4.71. The largest absolute Gasteiger partial charge is 0.269 e. The summed E-state index contributed by atoms with van der Waals surface area (Å²) < 4.78 is 0. The first kappa shape index (κ1) is 17.7. The number of nitro benzene ring substituents is 1. The molecule has 4 rings (SSSR count). The molecule has 3 aromatic carbocycles. The van der Waals surface area contributed by atoms with Gasteiger partial charge >= 0.3 is 0 Å². The quantitative estimate of drug-likeness (QED) is 0.433. The van der Waals surface area contributed by atoms with Crippen LogP contribution in [0.25, 0.3) is 6.08 Å². The summed E-state index contributed by atoms with van der Waals surface area (Å²) in [5.74, 6) is 0. The highest BCUT2D eigenvalue weighted by atomic mass is 16.6. The smallest absolute Gasteiger partial charge is 0.258 e. The Morgan fingerprint density at radius 2 is 1.54 bits per heavy atom. The lowest BCUT2D eigenvalue weighted by Gasteiger charge is -2.23. The molecule has 5 nitrogen and oxygen atoms in total. The minimum absolute atomic E-state index is 0.0538. The lowest BCUT2D eigenvalue weighted by Crippen LogP contribution is -2.18. The van der Waals surface area contributed by atoms with Gasteiger partial charge in [0.15, 0.2) is 0 Å². The van der Waals surface area contributed by atoms with Crippen LogP contribution in [0.5, 0.6) is 0 Å². The van der Waals surface area contributed by atoms with E-state index in [9.17, 15) is 10.1 Å². The standard InChI is InChI=1S/C23H19N3O2/c27-26(28)22-15-13-21(14-16-22)25-23(19-9-5-2-6-10-19)17-20(24-25)12-11-18-7-3-1-4-8-18/h1-16,23H,17H2/b12-11+/t23-/m0/s1. The minimum atomic E-state index is -0.389. The van der Waals surface area contributed by atoms with E-state index in [-0.39, 0.29) is 16.7 Å². The summed E-state index contributed by atoms with van der Waals surface area (Å²) in [6, 6.07) is 26.9. The van der Waals surface area contributed by atoms with Gasteiger partial charge in [-0.3, -0.25) is 15.1 Å². The van der Waals surface area contributed by atoms with Crippen molar-refractivity contribution in [1.29, 1.82) is 0 Å². The highest BCUT2D eigenvalue weighted by Crippen LogP contribution is 2.36. The monoisotopic (exact) mass is 369 g/mol. The van der Waals surface area contributed by atoms with E-state index in [0.29, 0.717) is 0 Å². The summed E-state index contributed by atoms with van der Waals surface area (Å²) in [5, 5.41) is 17.7. The SMILES string of the molecule is O=[N+]([O-])c1ccc(N2N=C(/C=C/c3ccccc3)C[C@H]2c2ccccc2)cc1. The van der Waals surface area contributed by atoms with Gasteiger partial charge in [-0.25, -0.2) is 0 Å². The van der Waals surface area contributed by atoms with Crippen LogP contribution in [-0.2, 0) is 0 Å². The molecule has 0 saturated carbocycles. The summed E-state index contributed by atoms with van der Waals surface area (Å²) in [7, 11) is 0. The molecule has 1 aliphatic rings. The number of rotatable bonds is 5. The van der Waals surface area contributed by atoms with Gasteiger partial charge < -0.3 is 0 Å². The number of allylic oxidation sites excluding steroid dienone is 1. The molecule has 0 fully saturated rings. The molecule has 0 bridgehead atoms. The van der Waals surface area contributed by atoms with Crippen molar-refractivity contribution < 1.29 is 4.92 Å². The molecule has 0 spiro atoms. The van der Waals surface area contributed by atoms with E-state index in [1.165, 1.54) is 12.1 Å². The van der Waals surface area contributed by atoms with Gasteiger partial charge in [0, 0.05) is 18.6 Å². The number of hydrogen-bond donors (Lipinski definition) is 0. The second kappa shape index (κ2) is 7.88. The van der Waals surface area contributed by atoms with Gasteiger partial charge in [0.2, 0.25) is 0 Å². The summed E-state index contributed by atoms with van der Waals surface area (Å²) >= 11 is 0. The zero-order chi connectivity index (χ0) is 19.3. The van der Waals surface area contributed by atoms with Gasteiger partial charge in [0.05, 0.1) is 22.4 Å². The molecule has 0 unspecified atom stereocenters. The van der Waals surface area contributed by atoms with E-state index >= 15 is 0 Å². The Morgan fingerprint density at radius 3 is 2.18 bits per heavy atom. The summed E-state index contributed by atoms with van der Waals surface area (Å²) in [6.45, 7) is 0. The van der Waals surface area contributed by atoms with Crippen LogP contribution in [0.4, 0.5) is 11.4 Å². The first-order chi connectivity index (χ1) is 13.7. The molecular formula is C23H19N3O2. The van der Waals surface area contributed by atoms with Crippen molar-refractivity contribution >= 4 is 23.2 Å². The zero-order valence-electron chi connectivity index (χ0n) is 15.2. The number of anilines is 1. The van der Waals surface area contributed by atoms with Gasteiger partial charge in [-0.15, -0.1) is 0 Å². The fraction of sp³-hybridized carbons (Fsp3) is 0.0870. The van der Waals surface area contributed by atoms with Gasteiger partial charge in [-0.05, 0) is 29.3 Å². The molecule has 28 heavy (non-hydrogen) atoms. The highest BCUT2D eigenvalue weighted by Gasteiger charge is 2.28. The molecule has 0 N–H and O–H groups in total. The molecule has 1 atom stereocenters. The molecule has 0 amide bonds. The van der Waals surface area contributed by atoms with E-state index in [0.717, 1.165) is 28.9 Å². The van der Waals surface area contributed by atoms with E-state index in [1.807, 2.05) is 47.5 Å². The van der Waals surface area contributed by atoms with E-state index < -0.39 is 0 Å². The lowest BCUT2D eigenvalue weighted by atomic mass is 10.0. The fourth-order valence-electron chi connectivity index (χ4n) is 3.29. The molecule has 5 heteroatoms. The van der Waals surface area contributed by atoms with E-state index in [4.69, 9.17) is 5.10 Å². The molecule has 0 aliphatic carbocycles. The minimum Gasteiger partial charge on any atom is -0.258 e. The molecular weight excluding hydrogens is 350 g/mol. The maximum Gasteiger partial charge on any atom is 0.269 e. The number of non-ortho nitro benzene ring substituents is 1. The van der Waals surface area contributed by atoms with Crippen LogP contribution in [0.1, 0.15) is 23.6 Å². The molecule has 0 radical (unpaired) electrons. The van der Waals surface area contributed by atoms with Crippen molar-refractivity contribution in [3.63, 3.8) is 0 Å². The maximum absolute atomic E-state index is 10.9. The predicted octanol–water partition coefficient (Wildman–Crippen LogP) is 5.62. The molecule has 138 valence electrons. The van der Waals surface area contributed by atoms with Crippen molar-refractivity contribution in [2.24, 2.45) is 5.10 Å². The van der Waals surface area contributed by atoms with Crippen LogP contribution in [0, 0.1) is 10.1 Å². The van der Waals surface area contributed by atoms with Gasteiger partial charge in [-0.2, -0.15) is 5.10 Å². The Labute approximate surface area is 163 Å². The molecule has 3 aromatic rings. The van der Waals surface area contributed by atoms with Crippen LogP contribution in [0.15, 0.2) is 96.1 Å². The van der Waals surface area contributed by atoms with Crippen LogP contribution in [0.2, 0.25) is 0 Å². The molecule has 1 heterocycles. The maximum atomic E-state index is 10.9. The molecule has 1 aliphatic heterocycles. The Morgan fingerprint density at radius 1 is 0.893 bits per heavy atom. The predicted molar refractivity (Wildman–Crippen MR) is 112 cm³/mol. The summed E-state index contributed by atoms with van der Waals surface area (Å²) in [5.41, 5.74) is 4.16. The Balaban J connectivity index is 1.65. The third kappa shape index (κ3) is 3.83. The number of nitrogens with zero attached hydrogens (tertiary/aromatic N) is 3. The average Bonchev–Trinajstić information content (AvgIpc) is 3.18. The molecule has 0 aromatic heterocycles. The lowest BCUT2D eigenvalue weighted by molar-refractivity contribution is -0.384.